The fourth-order valence-electron chi connectivity index (χ4n) is 5.35. The molecule has 2 aliphatic rings. The highest BCUT2D eigenvalue weighted by molar-refractivity contribution is 6.23. The van der Waals surface area contributed by atoms with E-state index < -0.39 is 11.7 Å². The zero-order chi connectivity index (χ0) is 28.7. The number of imide groups is 1. The number of ether oxygens (including phenoxy) is 1. The van der Waals surface area contributed by atoms with Crippen molar-refractivity contribution in [3.8, 4) is 17.1 Å². The Morgan fingerprint density at radius 3 is 2.61 bits per heavy atom. The predicted molar refractivity (Wildman–Crippen MR) is 152 cm³/mol. The average molecular weight is 558 g/mol. The van der Waals surface area contributed by atoms with Crippen molar-refractivity contribution in [1.29, 1.82) is 0 Å². The zero-order valence-electron chi connectivity index (χ0n) is 22.8. The number of aliphatic hydroxyl groups is 1. The second-order valence-electron chi connectivity index (χ2n) is 10.6. The van der Waals surface area contributed by atoms with E-state index in [-0.39, 0.29) is 42.4 Å². The molecule has 1 atom stereocenters. The Labute approximate surface area is 235 Å². The number of amides is 2. The van der Waals surface area contributed by atoms with E-state index in [4.69, 9.17) is 4.74 Å². The molecule has 6 rings (SSSR count). The first kappa shape index (κ1) is 26.7. The molecule has 2 aliphatic heterocycles. The van der Waals surface area contributed by atoms with Crippen molar-refractivity contribution >= 4 is 28.5 Å². The van der Waals surface area contributed by atoms with Crippen LogP contribution in [0, 0.1) is 6.92 Å². The maximum atomic E-state index is 13.3. The number of fused-ring (bicyclic) bond motifs is 2. The van der Waals surface area contributed by atoms with Crippen molar-refractivity contribution in [3.63, 3.8) is 0 Å². The first-order valence-corrected chi connectivity index (χ1v) is 13.6. The molecule has 3 aromatic heterocycles. The van der Waals surface area contributed by atoms with E-state index in [0.29, 0.717) is 33.6 Å². The number of aromatic nitrogens is 4. The van der Waals surface area contributed by atoms with E-state index in [1.165, 1.54) is 11.1 Å². The molecule has 212 valence electrons. The van der Waals surface area contributed by atoms with Gasteiger partial charge in [0.15, 0.2) is 0 Å². The van der Waals surface area contributed by atoms with Gasteiger partial charge in [-0.1, -0.05) is 0 Å². The third-order valence-electron chi connectivity index (χ3n) is 7.63. The van der Waals surface area contributed by atoms with Crippen LogP contribution in [-0.4, -0.2) is 92.1 Å². The van der Waals surface area contributed by atoms with E-state index in [0.717, 1.165) is 31.6 Å². The van der Waals surface area contributed by atoms with Crippen molar-refractivity contribution in [2.45, 2.75) is 31.9 Å². The van der Waals surface area contributed by atoms with Gasteiger partial charge in [0.1, 0.15) is 29.8 Å². The minimum absolute atomic E-state index is 0.0308. The van der Waals surface area contributed by atoms with Gasteiger partial charge in [-0.15, -0.1) is 0 Å². The van der Waals surface area contributed by atoms with Gasteiger partial charge < -0.3 is 30.0 Å². The Bertz CT molecular complexity index is 1620. The van der Waals surface area contributed by atoms with Crippen LogP contribution >= 0.6 is 0 Å². The van der Waals surface area contributed by atoms with Crippen molar-refractivity contribution in [1.82, 2.24) is 29.7 Å². The maximum Gasteiger partial charge on any atom is 0.261 e. The highest BCUT2D eigenvalue weighted by atomic mass is 16.5. The number of carbonyl (C=O) groups is 2. The summed E-state index contributed by atoms with van der Waals surface area (Å²) in [4.78, 5) is 57.6. The van der Waals surface area contributed by atoms with Gasteiger partial charge in [-0.3, -0.25) is 24.3 Å². The van der Waals surface area contributed by atoms with Crippen LogP contribution in [0.5, 0.6) is 5.75 Å². The minimum Gasteiger partial charge on any atom is -0.489 e. The van der Waals surface area contributed by atoms with Crippen LogP contribution in [0.3, 0.4) is 0 Å². The van der Waals surface area contributed by atoms with Gasteiger partial charge in [0, 0.05) is 24.5 Å². The van der Waals surface area contributed by atoms with Gasteiger partial charge in [-0.2, -0.15) is 0 Å². The number of H-pyrrole nitrogens is 2. The predicted octanol–water partition coefficient (Wildman–Crippen LogP) is 2.16. The zero-order valence-corrected chi connectivity index (χ0v) is 22.8. The number of hydrogen-bond acceptors (Lipinski definition) is 9. The third kappa shape index (κ3) is 5.19. The van der Waals surface area contributed by atoms with Crippen LogP contribution in [-0.2, 0) is 0 Å². The minimum atomic E-state index is -0.869. The summed E-state index contributed by atoms with van der Waals surface area (Å²) in [5, 5.41) is 13.6. The van der Waals surface area contributed by atoms with Crippen molar-refractivity contribution in [3.05, 3.63) is 69.9 Å². The number of aryl methyl sites for hydroxylation is 1. The fraction of sp³-hybridized carbons (Fsp3) is 0.345. The Morgan fingerprint density at radius 1 is 1.12 bits per heavy atom. The molecule has 1 fully saturated rings. The summed E-state index contributed by atoms with van der Waals surface area (Å²) >= 11 is 0. The fourth-order valence-corrected chi connectivity index (χ4v) is 5.35. The number of carbonyl (C=O) groups excluding carboxylic acids is 2. The molecule has 12 heteroatoms. The summed E-state index contributed by atoms with van der Waals surface area (Å²) in [6.07, 6.45) is 3.72. The Morgan fingerprint density at radius 2 is 1.88 bits per heavy atom. The molecule has 0 radical (unpaired) electrons. The van der Waals surface area contributed by atoms with E-state index in [1.807, 2.05) is 20.0 Å². The summed E-state index contributed by atoms with van der Waals surface area (Å²) in [5.74, 6) is 0.224. The lowest BCUT2D eigenvalue weighted by atomic mass is 10.0. The first-order chi connectivity index (χ1) is 19.8. The Balaban J connectivity index is 1.21. The number of aliphatic hydroxyl groups excluding tert-OH is 1. The molecule has 1 saturated heterocycles. The maximum absolute atomic E-state index is 13.3. The van der Waals surface area contributed by atoms with Gasteiger partial charge in [0.05, 0.1) is 34.0 Å². The van der Waals surface area contributed by atoms with Crippen molar-refractivity contribution in [2.24, 2.45) is 0 Å². The molecule has 4 aromatic rings. The Kier molecular flexibility index (Phi) is 7.01. The number of imidazole rings is 1. The van der Waals surface area contributed by atoms with Crippen LogP contribution in [0.4, 0.5) is 5.69 Å². The summed E-state index contributed by atoms with van der Waals surface area (Å²) in [7, 11) is 2.03. The van der Waals surface area contributed by atoms with Gasteiger partial charge in [0.2, 0.25) is 0 Å². The number of aromatic amines is 2. The molecular formula is C29H31N7O5. The average Bonchev–Trinajstić information content (AvgIpc) is 3.48. The SMILES string of the molecule is Cc1ccc(OC[C@H](O)CNc2cc[nH]c(=O)c2-c2nc3cc4c(cc3[nH]2)C(=O)N(C2CCN(C)CC2)C4=O)cn1. The van der Waals surface area contributed by atoms with Crippen molar-refractivity contribution < 1.29 is 19.4 Å². The summed E-state index contributed by atoms with van der Waals surface area (Å²) < 4.78 is 5.60. The van der Waals surface area contributed by atoms with Gasteiger partial charge in [0.25, 0.3) is 17.4 Å². The highest BCUT2D eigenvalue weighted by Crippen LogP contribution is 2.32. The molecule has 1 aromatic carbocycles. The van der Waals surface area contributed by atoms with E-state index in [1.54, 1.807) is 30.5 Å². The first-order valence-electron chi connectivity index (χ1n) is 13.6. The molecule has 0 aliphatic carbocycles. The number of rotatable bonds is 8. The van der Waals surface area contributed by atoms with Crippen LogP contribution in [0.1, 0.15) is 39.3 Å². The van der Waals surface area contributed by atoms with Crippen molar-refractivity contribution in [2.75, 3.05) is 38.6 Å². The third-order valence-corrected chi connectivity index (χ3v) is 7.63. The molecule has 12 nitrogen and oxygen atoms in total. The van der Waals surface area contributed by atoms with Gasteiger partial charge in [-0.25, -0.2) is 4.98 Å². The van der Waals surface area contributed by atoms with E-state index in [2.05, 4.69) is 30.2 Å². The number of benzene rings is 1. The standard InChI is InChI=1S/C29H31N7O5/c1-16-3-4-19(14-31-16)41-15-18(37)13-32-22-5-8-30-27(38)25(22)26-33-23-11-20-21(12-24(23)34-26)29(40)36(28(20)39)17-6-9-35(2)10-7-17/h3-5,8,11-12,14,17-18,37H,6-7,9-10,13,15H2,1-2H3,(H,33,34)(H2,30,32,38)/t18-/m1/s1. The molecule has 4 N–H and O–H groups in total. The summed E-state index contributed by atoms with van der Waals surface area (Å²) in [6, 6.07) is 8.41. The molecule has 0 unspecified atom stereocenters. The van der Waals surface area contributed by atoms with E-state index in [9.17, 15) is 19.5 Å². The van der Waals surface area contributed by atoms with Crippen LogP contribution in [0.15, 0.2) is 47.5 Å². The largest absolute Gasteiger partial charge is 0.489 e. The quantitative estimate of drug-likeness (QED) is 0.238. The number of nitrogens with zero attached hydrogens (tertiary/aromatic N) is 4. The lowest BCUT2D eigenvalue weighted by molar-refractivity contribution is 0.0516. The summed E-state index contributed by atoms with van der Waals surface area (Å²) in [5.41, 5.74) is 2.85. The van der Waals surface area contributed by atoms with Crippen LogP contribution in [0.2, 0.25) is 0 Å². The number of hydrogen-bond donors (Lipinski definition) is 4. The lowest BCUT2D eigenvalue weighted by Crippen LogP contribution is -2.46. The number of nitrogens with one attached hydrogen (secondary N) is 3. The smallest absolute Gasteiger partial charge is 0.261 e. The second kappa shape index (κ2) is 10.8. The molecule has 0 saturated carbocycles. The molecule has 2 amide bonds. The summed E-state index contributed by atoms with van der Waals surface area (Å²) in [6.45, 7) is 3.68. The number of anilines is 1. The highest BCUT2D eigenvalue weighted by Gasteiger charge is 2.41. The number of pyridine rings is 2. The topological polar surface area (TPSA) is 157 Å². The number of likely N-dealkylation sites (tertiary alicyclic amines) is 1. The molecule has 5 heterocycles. The van der Waals surface area contributed by atoms with Crippen LogP contribution in [0.25, 0.3) is 22.4 Å². The molecule has 0 bridgehead atoms. The molecule has 41 heavy (non-hydrogen) atoms. The van der Waals surface area contributed by atoms with Gasteiger partial charge in [-0.05, 0) is 70.2 Å². The monoisotopic (exact) mass is 557 g/mol. The molecular weight excluding hydrogens is 526 g/mol. The Hall–Kier alpha value is -4.55. The normalized spacial score (nSPS) is 16.8. The second-order valence-corrected chi connectivity index (χ2v) is 10.6. The molecule has 0 spiro atoms. The number of piperidine rings is 1. The van der Waals surface area contributed by atoms with E-state index >= 15 is 0 Å². The van der Waals surface area contributed by atoms with Crippen LogP contribution < -0.4 is 15.6 Å². The van der Waals surface area contributed by atoms with Gasteiger partial charge >= 0.3 is 0 Å². The lowest BCUT2D eigenvalue weighted by Gasteiger charge is -2.33.